The first-order valence-electron chi connectivity index (χ1n) is 18.2. The van der Waals surface area contributed by atoms with Gasteiger partial charge in [0.2, 0.25) is 29.5 Å². The molecule has 4 aromatic heterocycles. The fraction of sp³-hybridized carbons (Fsp3) is 0.310. The van der Waals surface area contributed by atoms with Crippen molar-refractivity contribution in [3.8, 4) is 45.7 Å². The van der Waals surface area contributed by atoms with Crippen LogP contribution >= 0.6 is 0 Å². The zero-order valence-electron chi connectivity index (χ0n) is 30.7. The molecule has 0 radical (unpaired) electrons. The summed E-state index contributed by atoms with van der Waals surface area (Å²) in [6, 6.07) is 19.9. The number of pyridine rings is 2. The Bertz CT molecular complexity index is 2430. The molecule has 12 heteroatoms. The number of oxazole rings is 1. The largest absolute Gasteiger partial charge is 0.436 e. The Kier molecular flexibility index (Phi) is 7.86. The van der Waals surface area contributed by atoms with Gasteiger partial charge in [-0.2, -0.15) is 0 Å². The van der Waals surface area contributed by atoms with Gasteiger partial charge in [0, 0.05) is 64.0 Å². The van der Waals surface area contributed by atoms with E-state index in [1.165, 1.54) is 0 Å². The molecule has 2 fully saturated rings. The molecular formula is C42H39N7O5. The number of amides is 2. The standard InChI is InChI=1S/C22H21N3O2.C20H18N4O3/c1-13-10-15(8-9-23-13)20-24-12-19(27-20)14-4-7-17-18(11-14)25(16-5-6-16)21(26)22(17,2)3;1-20(2)15-4-3-13(9-16(15)24(19(20)25)14-10-26-11-14)18-23-22-17(27-18)12-5-7-21-8-6-12/h4,7-12,16H,5-6H2,1-3H3;3-9,14H,10-11H2,1-2H3. The van der Waals surface area contributed by atoms with Crippen LogP contribution in [0.1, 0.15) is 57.4 Å². The molecule has 7 heterocycles. The van der Waals surface area contributed by atoms with Gasteiger partial charge in [0.25, 0.3) is 0 Å². The number of anilines is 2. The quantitative estimate of drug-likeness (QED) is 0.172. The van der Waals surface area contributed by atoms with E-state index in [9.17, 15) is 9.59 Å². The summed E-state index contributed by atoms with van der Waals surface area (Å²) in [5.74, 6) is 2.44. The van der Waals surface area contributed by atoms with E-state index >= 15 is 0 Å². The molecule has 1 saturated heterocycles. The third-order valence-electron chi connectivity index (χ3n) is 10.8. The van der Waals surface area contributed by atoms with Gasteiger partial charge in [-0.05, 0) is 101 Å². The SMILES string of the molecule is CC1(C)C(=O)N(C2COC2)c2cc(-c3nnc(-c4ccncc4)o3)ccc21.Cc1cc(-c2ncc(-c3ccc4c(c3)N(C3CC3)C(=O)C4(C)C)o2)ccn1. The molecule has 0 bridgehead atoms. The van der Waals surface area contributed by atoms with Crippen LogP contribution in [0.5, 0.6) is 0 Å². The lowest BCUT2D eigenvalue weighted by atomic mass is 9.86. The number of rotatable bonds is 6. The number of carbonyl (C=O) groups is 2. The van der Waals surface area contributed by atoms with Crippen LogP contribution in [0, 0.1) is 6.92 Å². The maximum Gasteiger partial charge on any atom is 0.248 e. The third-order valence-corrected chi connectivity index (χ3v) is 10.8. The lowest BCUT2D eigenvalue weighted by Gasteiger charge is -2.35. The van der Waals surface area contributed by atoms with E-state index in [-0.39, 0.29) is 17.9 Å². The van der Waals surface area contributed by atoms with Gasteiger partial charge in [-0.15, -0.1) is 10.2 Å². The highest BCUT2D eigenvalue weighted by atomic mass is 16.5. The van der Waals surface area contributed by atoms with Crippen LogP contribution in [0.25, 0.3) is 45.7 Å². The van der Waals surface area contributed by atoms with Crippen molar-refractivity contribution in [2.24, 2.45) is 0 Å². The second kappa shape index (κ2) is 12.6. The first kappa shape index (κ1) is 33.8. The van der Waals surface area contributed by atoms with E-state index in [2.05, 4.69) is 37.3 Å². The van der Waals surface area contributed by atoms with Crippen molar-refractivity contribution in [1.82, 2.24) is 25.1 Å². The average Bonchev–Trinajstić information content (AvgIpc) is 3.49. The Morgan fingerprint density at radius 2 is 1.20 bits per heavy atom. The smallest absolute Gasteiger partial charge is 0.248 e. The fourth-order valence-corrected chi connectivity index (χ4v) is 7.46. The minimum absolute atomic E-state index is 0.0864. The van der Waals surface area contributed by atoms with E-state index in [1.807, 2.05) is 92.9 Å². The summed E-state index contributed by atoms with van der Waals surface area (Å²) in [7, 11) is 0. The van der Waals surface area contributed by atoms with E-state index in [1.54, 1.807) is 24.8 Å². The van der Waals surface area contributed by atoms with Crippen molar-refractivity contribution in [3.63, 3.8) is 0 Å². The highest BCUT2D eigenvalue weighted by Gasteiger charge is 2.50. The lowest BCUT2D eigenvalue weighted by Crippen LogP contribution is -2.52. The summed E-state index contributed by atoms with van der Waals surface area (Å²) in [6.07, 6.45) is 9.03. The van der Waals surface area contributed by atoms with Crippen molar-refractivity contribution >= 4 is 23.2 Å². The predicted octanol–water partition coefficient (Wildman–Crippen LogP) is 7.32. The molecule has 12 nitrogen and oxygen atoms in total. The number of hydrogen-bond donors (Lipinski definition) is 0. The minimum Gasteiger partial charge on any atom is -0.436 e. The summed E-state index contributed by atoms with van der Waals surface area (Å²) in [6.45, 7) is 11.0. The van der Waals surface area contributed by atoms with Crippen molar-refractivity contribution < 1.29 is 23.2 Å². The second-order valence-electron chi connectivity index (χ2n) is 15.4. The van der Waals surface area contributed by atoms with Crippen LogP contribution in [0.3, 0.4) is 0 Å². The Balaban J connectivity index is 0.000000142. The van der Waals surface area contributed by atoms with Crippen LogP contribution in [-0.2, 0) is 25.2 Å². The molecule has 6 aromatic rings. The Morgan fingerprint density at radius 3 is 1.81 bits per heavy atom. The molecule has 1 aliphatic carbocycles. The van der Waals surface area contributed by atoms with Crippen LogP contribution in [-0.4, -0.2) is 62.3 Å². The Hall–Kier alpha value is -6.01. The van der Waals surface area contributed by atoms with Crippen molar-refractivity contribution in [2.75, 3.05) is 23.0 Å². The molecule has 10 rings (SSSR count). The molecule has 0 unspecified atom stereocenters. The number of ether oxygens (including phenoxy) is 1. The maximum atomic E-state index is 13.0. The molecule has 3 aliphatic heterocycles. The lowest BCUT2D eigenvalue weighted by molar-refractivity contribution is -0.124. The van der Waals surface area contributed by atoms with Gasteiger partial charge in [0.05, 0.1) is 36.3 Å². The highest BCUT2D eigenvalue weighted by Crippen LogP contribution is 2.48. The minimum atomic E-state index is -0.555. The van der Waals surface area contributed by atoms with Crippen molar-refractivity contribution in [3.05, 3.63) is 102 Å². The van der Waals surface area contributed by atoms with Gasteiger partial charge in [0.1, 0.15) is 0 Å². The number of aryl methyl sites for hydroxylation is 1. The normalized spacial score (nSPS) is 18.2. The van der Waals surface area contributed by atoms with Crippen molar-refractivity contribution in [2.45, 2.75) is 70.4 Å². The maximum absolute atomic E-state index is 13.0. The Labute approximate surface area is 312 Å². The zero-order valence-corrected chi connectivity index (χ0v) is 30.7. The van der Waals surface area contributed by atoms with Gasteiger partial charge in [-0.1, -0.05) is 18.2 Å². The third kappa shape index (κ3) is 5.59. The molecular weight excluding hydrogens is 683 g/mol. The molecule has 0 N–H and O–H groups in total. The average molecular weight is 722 g/mol. The summed E-state index contributed by atoms with van der Waals surface area (Å²) in [5.41, 5.74) is 7.36. The van der Waals surface area contributed by atoms with Gasteiger partial charge in [-0.3, -0.25) is 19.6 Å². The van der Waals surface area contributed by atoms with Gasteiger partial charge in [-0.25, -0.2) is 4.98 Å². The second-order valence-corrected chi connectivity index (χ2v) is 15.4. The number of aromatic nitrogens is 5. The van der Waals surface area contributed by atoms with E-state index < -0.39 is 10.8 Å². The fourth-order valence-electron chi connectivity index (χ4n) is 7.46. The molecule has 0 atom stereocenters. The van der Waals surface area contributed by atoms with Crippen molar-refractivity contribution in [1.29, 1.82) is 0 Å². The molecule has 1 saturated carbocycles. The summed E-state index contributed by atoms with van der Waals surface area (Å²) in [4.78, 5) is 42.4. The molecule has 2 amide bonds. The van der Waals surface area contributed by atoms with Gasteiger partial charge < -0.3 is 23.4 Å². The van der Waals surface area contributed by atoms with E-state index in [0.29, 0.717) is 42.7 Å². The van der Waals surface area contributed by atoms with Crippen LogP contribution in [0.2, 0.25) is 0 Å². The van der Waals surface area contributed by atoms with Gasteiger partial charge in [0.15, 0.2) is 5.76 Å². The molecule has 54 heavy (non-hydrogen) atoms. The number of nitrogens with zero attached hydrogens (tertiary/aromatic N) is 7. The highest BCUT2D eigenvalue weighted by molar-refractivity contribution is 6.09. The number of benzene rings is 2. The summed E-state index contributed by atoms with van der Waals surface area (Å²) >= 11 is 0. The monoisotopic (exact) mass is 721 g/mol. The summed E-state index contributed by atoms with van der Waals surface area (Å²) in [5, 5.41) is 8.32. The predicted molar refractivity (Wildman–Crippen MR) is 202 cm³/mol. The summed E-state index contributed by atoms with van der Waals surface area (Å²) < 4.78 is 17.2. The molecule has 272 valence electrons. The van der Waals surface area contributed by atoms with Crippen LogP contribution in [0.15, 0.2) is 94.3 Å². The van der Waals surface area contributed by atoms with Gasteiger partial charge >= 0.3 is 0 Å². The number of carbonyl (C=O) groups excluding carboxylic acids is 2. The Morgan fingerprint density at radius 1 is 0.630 bits per heavy atom. The molecule has 0 spiro atoms. The first-order chi connectivity index (χ1) is 26.0. The molecule has 4 aliphatic rings. The van der Waals surface area contributed by atoms with Crippen LogP contribution < -0.4 is 9.80 Å². The zero-order chi connectivity index (χ0) is 37.4. The molecule has 2 aromatic carbocycles. The van der Waals surface area contributed by atoms with Crippen LogP contribution in [0.4, 0.5) is 11.4 Å². The van der Waals surface area contributed by atoms with E-state index in [0.717, 1.165) is 63.3 Å². The topological polar surface area (TPSA) is 141 Å². The first-order valence-corrected chi connectivity index (χ1v) is 18.2. The number of hydrogen-bond acceptors (Lipinski definition) is 10. The van der Waals surface area contributed by atoms with E-state index in [4.69, 9.17) is 13.6 Å². The number of fused-ring (bicyclic) bond motifs is 2.